The van der Waals surface area contributed by atoms with Crippen molar-refractivity contribution in [3.63, 3.8) is 0 Å². The molecule has 0 bridgehead atoms. The Morgan fingerprint density at radius 2 is 1.88 bits per heavy atom. The second-order valence-corrected chi connectivity index (χ2v) is 3.91. The van der Waals surface area contributed by atoms with E-state index in [2.05, 4.69) is 5.32 Å². The lowest BCUT2D eigenvalue weighted by molar-refractivity contribution is -0.143. The van der Waals surface area contributed by atoms with E-state index in [9.17, 15) is 14.7 Å². The molecular formula is C12H15NO3. The highest BCUT2D eigenvalue weighted by Gasteiger charge is 2.35. The Morgan fingerprint density at radius 3 is 2.31 bits per heavy atom. The molecule has 0 saturated heterocycles. The van der Waals surface area contributed by atoms with Gasteiger partial charge in [-0.05, 0) is 12.5 Å². The molecule has 4 heteroatoms. The molecule has 1 unspecified atom stereocenters. The Balaban J connectivity index is 2.98. The molecule has 4 nitrogen and oxygen atoms in total. The summed E-state index contributed by atoms with van der Waals surface area (Å²) in [4.78, 5) is 22.1. The molecule has 0 aliphatic heterocycles. The maximum absolute atomic E-state index is 11.3. The molecule has 1 amide bonds. The van der Waals surface area contributed by atoms with Gasteiger partial charge in [-0.25, -0.2) is 0 Å². The van der Waals surface area contributed by atoms with Crippen molar-refractivity contribution >= 4 is 11.9 Å². The minimum absolute atomic E-state index is 0.0850. The van der Waals surface area contributed by atoms with Crippen molar-refractivity contribution < 1.29 is 14.7 Å². The van der Waals surface area contributed by atoms with Gasteiger partial charge in [-0.3, -0.25) is 9.59 Å². The molecule has 0 aliphatic carbocycles. The number of carboxylic acids is 1. The van der Waals surface area contributed by atoms with Crippen LogP contribution in [0.25, 0.3) is 0 Å². The number of nitrogens with one attached hydrogen (secondary N) is 1. The highest BCUT2D eigenvalue weighted by molar-refractivity contribution is 5.82. The zero-order chi connectivity index (χ0) is 12.2. The summed E-state index contributed by atoms with van der Waals surface area (Å²) in [5, 5.41) is 11.8. The van der Waals surface area contributed by atoms with E-state index in [4.69, 9.17) is 0 Å². The van der Waals surface area contributed by atoms with Crippen molar-refractivity contribution in [2.45, 2.75) is 19.3 Å². The molecular weight excluding hydrogens is 206 g/mol. The average Bonchev–Trinajstić information content (AvgIpc) is 2.26. The first-order valence-electron chi connectivity index (χ1n) is 5.00. The number of hydrogen-bond acceptors (Lipinski definition) is 2. The molecule has 0 spiro atoms. The van der Waals surface area contributed by atoms with Crippen LogP contribution in [0.5, 0.6) is 0 Å². The highest BCUT2D eigenvalue weighted by Crippen LogP contribution is 2.23. The molecule has 0 aromatic heterocycles. The molecule has 0 fully saturated rings. The Labute approximate surface area is 94.3 Å². The van der Waals surface area contributed by atoms with Gasteiger partial charge < -0.3 is 10.4 Å². The molecule has 1 rings (SSSR count). The zero-order valence-electron chi connectivity index (χ0n) is 9.36. The van der Waals surface area contributed by atoms with Gasteiger partial charge in [-0.2, -0.15) is 0 Å². The lowest BCUT2D eigenvalue weighted by Crippen LogP contribution is -2.43. The van der Waals surface area contributed by atoms with Crippen LogP contribution in [0, 0.1) is 0 Å². The van der Waals surface area contributed by atoms with E-state index < -0.39 is 11.4 Å². The number of hydrogen-bond donors (Lipinski definition) is 2. The molecule has 2 N–H and O–H groups in total. The van der Waals surface area contributed by atoms with Gasteiger partial charge in [0.2, 0.25) is 5.91 Å². The first kappa shape index (κ1) is 12.2. The normalized spacial score (nSPS) is 13.9. The van der Waals surface area contributed by atoms with Gasteiger partial charge in [0, 0.05) is 13.5 Å². The molecule has 1 aromatic carbocycles. The summed E-state index contributed by atoms with van der Waals surface area (Å²) in [6.07, 6.45) is 0. The van der Waals surface area contributed by atoms with Crippen LogP contribution in [-0.4, -0.2) is 23.5 Å². The van der Waals surface area contributed by atoms with Crippen LogP contribution in [-0.2, 0) is 15.0 Å². The fourth-order valence-corrected chi connectivity index (χ4v) is 1.41. The molecule has 16 heavy (non-hydrogen) atoms. The predicted molar refractivity (Wildman–Crippen MR) is 60.1 cm³/mol. The van der Waals surface area contributed by atoms with Gasteiger partial charge in [-0.15, -0.1) is 0 Å². The molecule has 0 radical (unpaired) electrons. The van der Waals surface area contributed by atoms with Crippen LogP contribution in [0.2, 0.25) is 0 Å². The van der Waals surface area contributed by atoms with Gasteiger partial charge in [-0.1, -0.05) is 30.3 Å². The Hall–Kier alpha value is -1.84. The Bertz CT molecular complexity index is 389. The average molecular weight is 221 g/mol. The van der Waals surface area contributed by atoms with Crippen molar-refractivity contribution in [1.82, 2.24) is 5.32 Å². The fourth-order valence-electron chi connectivity index (χ4n) is 1.41. The summed E-state index contributed by atoms with van der Waals surface area (Å²) in [6.45, 7) is 3.05. The second kappa shape index (κ2) is 4.79. The van der Waals surface area contributed by atoms with Gasteiger partial charge in [0.25, 0.3) is 0 Å². The fraction of sp³-hybridized carbons (Fsp3) is 0.333. The highest BCUT2D eigenvalue weighted by atomic mass is 16.4. The smallest absolute Gasteiger partial charge is 0.315 e. The summed E-state index contributed by atoms with van der Waals surface area (Å²) in [7, 11) is 0. The van der Waals surface area contributed by atoms with Crippen molar-refractivity contribution in [2.24, 2.45) is 0 Å². The quantitative estimate of drug-likeness (QED) is 0.802. The van der Waals surface area contributed by atoms with Gasteiger partial charge in [0.1, 0.15) is 5.41 Å². The lowest BCUT2D eigenvalue weighted by atomic mass is 9.82. The monoisotopic (exact) mass is 221 g/mol. The minimum Gasteiger partial charge on any atom is -0.481 e. The Kier molecular flexibility index (Phi) is 3.66. The van der Waals surface area contributed by atoms with Crippen LogP contribution in [0.15, 0.2) is 30.3 Å². The van der Waals surface area contributed by atoms with Gasteiger partial charge >= 0.3 is 5.97 Å². The molecule has 0 saturated carbocycles. The maximum Gasteiger partial charge on any atom is 0.315 e. The second-order valence-electron chi connectivity index (χ2n) is 3.91. The molecule has 1 aromatic rings. The van der Waals surface area contributed by atoms with E-state index in [1.165, 1.54) is 6.92 Å². The van der Waals surface area contributed by atoms with Crippen LogP contribution < -0.4 is 5.32 Å². The third-order valence-corrected chi connectivity index (χ3v) is 2.57. The van der Waals surface area contributed by atoms with Crippen LogP contribution in [0.4, 0.5) is 0 Å². The predicted octanol–water partition coefficient (Wildman–Crippen LogP) is 1.16. The SMILES string of the molecule is CC(=O)NCC(C)(C(=O)O)c1ccccc1. The van der Waals surface area contributed by atoms with Gasteiger partial charge in [0.15, 0.2) is 0 Å². The number of rotatable bonds is 4. The summed E-state index contributed by atoms with van der Waals surface area (Å²) < 4.78 is 0. The number of amides is 1. The van der Waals surface area contributed by atoms with Crippen LogP contribution in [0.1, 0.15) is 19.4 Å². The van der Waals surface area contributed by atoms with E-state index in [-0.39, 0.29) is 12.5 Å². The largest absolute Gasteiger partial charge is 0.481 e. The van der Waals surface area contributed by atoms with Crippen molar-refractivity contribution in [2.75, 3.05) is 6.54 Å². The van der Waals surface area contributed by atoms with Gasteiger partial charge in [0.05, 0.1) is 0 Å². The van der Waals surface area contributed by atoms with Crippen LogP contribution in [0.3, 0.4) is 0 Å². The number of aliphatic carboxylic acids is 1. The van der Waals surface area contributed by atoms with E-state index in [0.717, 1.165) is 0 Å². The molecule has 0 heterocycles. The van der Waals surface area contributed by atoms with Crippen LogP contribution >= 0.6 is 0 Å². The Morgan fingerprint density at radius 1 is 1.31 bits per heavy atom. The molecule has 1 atom stereocenters. The third kappa shape index (κ3) is 2.59. The molecule has 86 valence electrons. The number of carboxylic acid groups (broad SMARTS) is 1. The van der Waals surface area contributed by atoms with E-state index in [1.807, 2.05) is 6.07 Å². The summed E-state index contributed by atoms with van der Waals surface area (Å²) in [6, 6.07) is 8.88. The lowest BCUT2D eigenvalue weighted by Gasteiger charge is -2.25. The summed E-state index contributed by atoms with van der Waals surface area (Å²) >= 11 is 0. The zero-order valence-corrected chi connectivity index (χ0v) is 9.36. The summed E-state index contributed by atoms with van der Waals surface area (Å²) in [5.41, 5.74) is -0.413. The van der Waals surface area contributed by atoms with E-state index in [1.54, 1.807) is 31.2 Å². The standard InChI is InChI=1S/C12H15NO3/c1-9(14)13-8-12(2,11(15)16)10-6-4-3-5-7-10/h3-7H,8H2,1-2H3,(H,13,14)(H,15,16). The minimum atomic E-state index is -1.09. The van der Waals surface area contributed by atoms with Crippen molar-refractivity contribution in [3.05, 3.63) is 35.9 Å². The first-order valence-corrected chi connectivity index (χ1v) is 5.00. The maximum atomic E-state index is 11.3. The third-order valence-electron chi connectivity index (χ3n) is 2.57. The van der Waals surface area contributed by atoms with E-state index >= 15 is 0 Å². The summed E-state index contributed by atoms with van der Waals surface area (Å²) in [5.74, 6) is -1.18. The van der Waals surface area contributed by atoms with Crippen molar-refractivity contribution in [1.29, 1.82) is 0 Å². The van der Waals surface area contributed by atoms with E-state index in [0.29, 0.717) is 5.56 Å². The van der Waals surface area contributed by atoms with Crippen molar-refractivity contribution in [3.8, 4) is 0 Å². The molecule has 0 aliphatic rings. The topological polar surface area (TPSA) is 66.4 Å². The number of benzene rings is 1. The first-order chi connectivity index (χ1) is 7.47. The number of carbonyl (C=O) groups excluding carboxylic acids is 1. The number of carbonyl (C=O) groups is 2.